The zero-order chi connectivity index (χ0) is 33.1. The van der Waals surface area contributed by atoms with E-state index >= 15 is 0 Å². The lowest BCUT2D eigenvalue weighted by Crippen LogP contribution is -2.41. The molecule has 9 nitrogen and oxygen atoms in total. The van der Waals surface area contributed by atoms with Gasteiger partial charge >= 0.3 is 0 Å². The van der Waals surface area contributed by atoms with Crippen LogP contribution in [-0.2, 0) is 39.1 Å². The molecule has 4 aromatic carbocycles. The summed E-state index contributed by atoms with van der Waals surface area (Å²) in [6, 6.07) is 31.8. The van der Waals surface area contributed by atoms with Crippen LogP contribution in [0.3, 0.4) is 0 Å². The van der Waals surface area contributed by atoms with Crippen molar-refractivity contribution in [3.05, 3.63) is 119 Å². The molecule has 1 amide bonds. The molecule has 0 saturated carbocycles. The minimum atomic E-state index is -3.41. The van der Waals surface area contributed by atoms with Gasteiger partial charge in [0.1, 0.15) is 11.5 Å². The fraction of sp³-hybridized carbons (Fsp3) is 0.324. The lowest BCUT2D eigenvalue weighted by molar-refractivity contribution is -0.121. The van der Waals surface area contributed by atoms with Crippen molar-refractivity contribution in [2.75, 3.05) is 55.3 Å². The molecule has 1 heterocycles. The molecular weight excluding hydrogens is 612 g/mol. The first-order chi connectivity index (χ1) is 22.7. The van der Waals surface area contributed by atoms with E-state index in [9.17, 15) is 13.2 Å². The number of hydrogen-bond acceptors (Lipinski definition) is 7. The molecule has 5 rings (SSSR count). The highest BCUT2D eigenvalue weighted by atomic mass is 32.2. The van der Waals surface area contributed by atoms with E-state index in [1.54, 1.807) is 6.07 Å². The van der Waals surface area contributed by atoms with Crippen molar-refractivity contribution in [1.82, 2.24) is 10.2 Å². The number of hydrogen-bond donors (Lipinski definition) is 2. The van der Waals surface area contributed by atoms with Crippen LogP contribution < -0.4 is 19.7 Å². The second-order valence-electron chi connectivity index (χ2n) is 11.9. The Kier molecular flexibility index (Phi) is 11.9. The van der Waals surface area contributed by atoms with Crippen LogP contribution >= 0.6 is 0 Å². The minimum Gasteiger partial charge on any atom is -0.457 e. The van der Waals surface area contributed by atoms with Gasteiger partial charge in [-0.1, -0.05) is 60.7 Å². The standard InChI is InChI=1S/C37H44N4O5S/c1-29-35(39-47(2,43)44)9-6-10-36(29)41(27-31-7-4-3-5-8-31)28-32-13-18-34(19-14-32)46-33-16-11-30(12-17-33)15-20-37(42)38-21-22-40-23-25-45-26-24-40/h3-14,16-19,39H,15,20-28H2,1-2H3,(H,38,42). The van der Waals surface area contributed by atoms with E-state index in [2.05, 4.69) is 32.0 Å². The van der Waals surface area contributed by atoms with Crippen molar-refractivity contribution in [2.24, 2.45) is 0 Å². The van der Waals surface area contributed by atoms with E-state index in [0.29, 0.717) is 38.2 Å². The molecule has 0 aromatic heterocycles. The lowest BCUT2D eigenvalue weighted by Gasteiger charge is -2.28. The molecule has 0 bridgehead atoms. The summed E-state index contributed by atoms with van der Waals surface area (Å²) in [5.74, 6) is 1.52. The monoisotopic (exact) mass is 656 g/mol. The summed E-state index contributed by atoms with van der Waals surface area (Å²) < 4.78 is 38.1. The summed E-state index contributed by atoms with van der Waals surface area (Å²) in [7, 11) is -3.41. The normalized spacial score (nSPS) is 13.6. The molecule has 0 unspecified atom stereocenters. The zero-order valence-electron chi connectivity index (χ0n) is 27.2. The van der Waals surface area contributed by atoms with Gasteiger partial charge in [0.25, 0.3) is 0 Å². The molecule has 10 heteroatoms. The highest BCUT2D eigenvalue weighted by Gasteiger charge is 2.16. The molecule has 0 spiro atoms. The molecule has 1 saturated heterocycles. The maximum atomic E-state index is 12.3. The summed E-state index contributed by atoms with van der Waals surface area (Å²) >= 11 is 0. The van der Waals surface area contributed by atoms with E-state index in [1.807, 2.05) is 85.8 Å². The van der Waals surface area contributed by atoms with E-state index in [0.717, 1.165) is 78.5 Å². The molecule has 47 heavy (non-hydrogen) atoms. The number of rotatable bonds is 15. The number of carbonyl (C=O) groups excluding carboxylic acids is 1. The third kappa shape index (κ3) is 10.8. The Labute approximate surface area is 278 Å². The summed E-state index contributed by atoms with van der Waals surface area (Å²) in [6.07, 6.45) is 2.28. The molecule has 2 N–H and O–H groups in total. The number of benzene rings is 4. The molecule has 1 aliphatic rings. The Bertz CT molecular complexity index is 1690. The first-order valence-electron chi connectivity index (χ1n) is 16.0. The average Bonchev–Trinajstić information content (AvgIpc) is 3.06. The number of ether oxygens (including phenoxy) is 2. The fourth-order valence-corrected chi connectivity index (χ4v) is 6.19. The van der Waals surface area contributed by atoms with Crippen molar-refractivity contribution in [3.63, 3.8) is 0 Å². The van der Waals surface area contributed by atoms with Gasteiger partial charge in [-0.05, 0) is 72.0 Å². The maximum absolute atomic E-state index is 12.3. The highest BCUT2D eigenvalue weighted by Crippen LogP contribution is 2.31. The summed E-state index contributed by atoms with van der Waals surface area (Å²) in [5.41, 5.74) is 5.71. The van der Waals surface area contributed by atoms with Crippen LogP contribution in [0.25, 0.3) is 0 Å². The van der Waals surface area contributed by atoms with Crippen LogP contribution in [-0.4, -0.2) is 64.9 Å². The number of aryl methyl sites for hydroxylation is 1. The van der Waals surface area contributed by atoms with E-state index in [1.165, 1.54) is 0 Å². The van der Waals surface area contributed by atoms with Gasteiger partial charge in [-0.3, -0.25) is 14.4 Å². The average molecular weight is 657 g/mol. The topological polar surface area (TPSA) is 100 Å². The van der Waals surface area contributed by atoms with Crippen LogP contribution in [0.2, 0.25) is 0 Å². The van der Waals surface area contributed by atoms with Crippen molar-refractivity contribution in [2.45, 2.75) is 32.9 Å². The Morgan fingerprint density at radius 2 is 1.45 bits per heavy atom. The van der Waals surface area contributed by atoms with E-state index in [-0.39, 0.29) is 5.91 Å². The highest BCUT2D eigenvalue weighted by molar-refractivity contribution is 7.92. The largest absolute Gasteiger partial charge is 0.457 e. The fourth-order valence-electron chi connectivity index (χ4n) is 5.57. The second kappa shape index (κ2) is 16.4. The quantitative estimate of drug-likeness (QED) is 0.168. The molecule has 0 atom stereocenters. The molecule has 1 aliphatic heterocycles. The predicted molar refractivity (Wildman–Crippen MR) is 188 cm³/mol. The zero-order valence-corrected chi connectivity index (χ0v) is 28.0. The van der Waals surface area contributed by atoms with Crippen LogP contribution in [0.15, 0.2) is 97.1 Å². The summed E-state index contributed by atoms with van der Waals surface area (Å²) in [4.78, 5) is 16.9. The second-order valence-corrected chi connectivity index (χ2v) is 13.6. The minimum absolute atomic E-state index is 0.0643. The van der Waals surface area contributed by atoms with E-state index < -0.39 is 10.0 Å². The van der Waals surface area contributed by atoms with Crippen LogP contribution in [0.5, 0.6) is 11.5 Å². The smallest absolute Gasteiger partial charge is 0.229 e. The number of anilines is 2. The molecule has 4 aromatic rings. The number of sulfonamides is 1. The maximum Gasteiger partial charge on any atom is 0.229 e. The predicted octanol–water partition coefficient (Wildman–Crippen LogP) is 5.75. The number of nitrogens with one attached hydrogen (secondary N) is 2. The van der Waals surface area contributed by atoms with Crippen LogP contribution in [0.4, 0.5) is 11.4 Å². The SMILES string of the molecule is Cc1c(NS(C)(=O)=O)cccc1N(Cc1ccccc1)Cc1ccc(Oc2ccc(CCC(=O)NCCN3CCOCC3)cc2)cc1. The van der Waals surface area contributed by atoms with Crippen molar-refractivity contribution in [3.8, 4) is 11.5 Å². The van der Waals surface area contributed by atoms with Gasteiger partial charge in [0.05, 0.1) is 25.2 Å². The number of amides is 1. The van der Waals surface area contributed by atoms with Crippen molar-refractivity contribution < 1.29 is 22.7 Å². The van der Waals surface area contributed by atoms with Crippen molar-refractivity contribution >= 4 is 27.3 Å². The number of morpholine rings is 1. The molecule has 248 valence electrons. The number of nitrogens with zero attached hydrogens (tertiary/aromatic N) is 2. The van der Waals surface area contributed by atoms with Crippen LogP contribution in [0.1, 0.15) is 28.7 Å². The van der Waals surface area contributed by atoms with Gasteiger partial charge in [0.15, 0.2) is 0 Å². The van der Waals surface area contributed by atoms with Gasteiger partial charge in [-0.2, -0.15) is 0 Å². The van der Waals surface area contributed by atoms with Gasteiger partial charge < -0.3 is 19.7 Å². The van der Waals surface area contributed by atoms with E-state index in [4.69, 9.17) is 9.47 Å². The molecule has 0 aliphatic carbocycles. The first-order valence-corrected chi connectivity index (χ1v) is 17.9. The Balaban J connectivity index is 1.16. The third-order valence-corrected chi connectivity index (χ3v) is 8.70. The van der Waals surface area contributed by atoms with Gasteiger partial charge in [0, 0.05) is 51.4 Å². The van der Waals surface area contributed by atoms with Crippen molar-refractivity contribution in [1.29, 1.82) is 0 Å². The van der Waals surface area contributed by atoms with Gasteiger partial charge in [0.2, 0.25) is 15.9 Å². The van der Waals surface area contributed by atoms with Gasteiger partial charge in [-0.15, -0.1) is 0 Å². The third-order valence-electron chi connectivity index (χ3n) is 8.11. The Morgan fingerprint density at radius 3 is 2.09 bits per heavy atom. The number of carbonyl (C=O) groups is 1. The Morgan fingerprint density at radius 1 is 0.830 bits per heavy atom. The summed E-state index contributed by atoms with van der Waals surface area (Å²) in [5, 5.41) is 3.02. The molecule has 1 fully saturated rings. The van der Waals surface area contributed by atoms with Gasteiger partial charge in [-0.25, -0.2) is 8.42 Å². The van der Waals surface area contributed by atoms with Crippen LogP contribution in [0, 0.1) is 6.92 Å². The lowest BCUT2D eigenvalue weighted by atomic mass is 10.1. The molecule has 0 radical (unpaired) electrons. The molecular formula is C37H44N4O5S. The summed E-state index contributed by atoms with van der Waals surface area (Å²) in [6.45, 7) is 8.09. The Hall–Kier alpha value is -4.38. The first kappa shape index (κ1) is 34.0.